The third-order valence-corrected chi connectivity index (χ3v) is 9.29. The van der Waals surface area contributed by atoms with Crippen LogP contribution in [0.25, 0.3) is 0 Å². The van der Waals surface area contributed by atoms with E-state index < -0.39 is 28.5 Å². The molecule has 0 aliphatic carbocycles. The van der Waals surface area contributed by atoms with Crippen molar-refractivity contribution in [2.75, 3.05) is 17.4 Å². The Kier molecular flexibility index (Phi) is 10.6. The lowest BCUT2D eigenvalue weighted by Gasteiger charge is -2.34. The first-order chi connectivity index (χ1) is 20.6. The third kappa shape index (κ3) is 7.83. The summed E-state index contributed by atoms with van der Waals surface area (Å²) in [7, 11) is -4.15. The molecule has 0 spiro atoms. The third-order valence-electron chi connectivity index (χ3n) is 7.15. The van der Waals surface area contributed by atoms with E-state index in [1.165, 1.54) is 17.0 Å². The van der Waals surface area contributed by atoms with Crippen molar-refractivity contribution >= 4 is 39.1 Å². The minimum absolute atomic E-state index is 0.0131. The van der Waals surface area contributed by atoms with E-state index in [0.29, 0.717) is 28.4 Å². The zero-order valence-corrected chi connectivity index (χ0v) is 26.1. The van der Waals surface area contributed by atoms with E-state index in [9.17, 15) is 18.0 Å². The van der Waals surface area contributed by atoms with Gasteiger partial charge in [-0.3, -0.25) is 13.9 Å². The summed E-state index contributed by atoms with van der Waals surface area (Å²) in [4.78, 5) is 29.5. The average molecular weight is 618 g/mol. The van der Waals surface area contributed by atoms with Crippen LogP contribution in [0.15, 0.2) is 108 Å². The number of rotatable bonds is 12. The number of carbonyl (C=O) groups excluding carboxylic acids is 2. The molecule has 1 unspecified atom stereocenters. The normalized spacial score (nSPS) is 11.9. The van der Waals surface area contributed by atoms with Gasteiger partial charge in [-0.25, -0.2) is 8.42 Å². The van der Waals surface area contributed by atoms with Gasteiger partial charge in [0.25, 0.3) is 10.0 Å². The predicted octanol–water partition coefficient (Wildman–Crippen LogP) is 5.93. The Bertz CT molecular complexity index is 1660. The molecule has 7 nitrogen and oxygen atoms in total. The lowest BCUT2D eigenvalue weighted by atomic mass is 10.0. The Hall–Kier alpha value is -4.14. The second-order valence-electron chi connectivity index (χ2n) is 10.3. The van der Waals surface area contributed by atoms with Crippen LogP contribution < -0.4 is 9.62 Å². The molecular weight excluding hydrogens is 582 g/mol. The maximum absolute atomic E-state index is 14.4. The van der Waals surface area contributed by atoms with Crippen LogP contribution in [-0.4, -0.2) is 44.3 Å². The van der Waals surface area contributed by atoms with Gasteiger partial charge in [0.05, 0.1) is 10.6 Å². The fourth-order valence-corrected chi connectivity index (χ4v) is 6.67. The summed E-state index contributed by atoms with van der Waals surface area (Å²) in [5.41, 5.74) is 3.56. The molecule has 0 saturated carbocycles. The molecule has 43 heavy (non-hydrogen) atoms. The fraction of sp³-hybridized carbons (Fsp3) is 0.235. The van der Waals surface area contributed by atoms with E-state index in [0.717, 1.165) is 15.4 Å². The number of sulfonamides is 1. The summed E-state index contributed by atoms with van der Waals surface area (Å²) in [6.07, 6.45) is 0.234. The summed E-state index contributed by atoms with van der Waals surface area (Å²) in [6, 6.07) is 29.0. The van der Waals surface area contributed by atoms with Crippen molar-refractivity contribution in [3.8, 4) is 0 Å². The molecule has 224 valence electrons. The minimum atomic E-state index is -4.15. The van der Waals surface area contributed by atoms with Gasteiger partial charge < -0.3 is 10.2 Å². The van der Waals surface area contributed by atoms with Gasteiger partial charge in [0.1, 0.15) is 12.6 Å². The second-order valence-corrected chi connectivity index (χ2v) is 12.6. The van der Waals surface area contributed by atoms with Gasteiger partial charge in [-0.15, -0.1) is 0 Å². The smallest absolute Gasteiger partial charge is 0.264 e. The lowest BCUT2D eigenvalue weighted by Crippen LogP contribution is -2.53. The average Bonchev–Trinajstić information content (AvgIpc) is 3.00. The zero-order valence-electron chi connectivity index (χ0n) is 24.5. The zero-order chi connectivity index (χ0) is 31.0. The van der Waals surface area contributed by atoms with Crippen LogP contribution in [0.4, 0.5) is 5.69 Å². The first-order valence-corrected chi connectivity index (χ1v) is 15.9. The summed E-state index contributed by atoms with van der Waals surface area (Å²) in [6.45, 7) is 5.41. The van der Waals surface area contributed by atoms with Gasteiger partial charge in [0.15, 0.2) is 0 Å². The number of amides is 2. The van der Waals surface area contributed by atoms with Crippen LogP contribution in [0.5, 0.6) is 0 Å². The Balaban J connectivity index is 1.82. The van der Waals surface area contributed by atoms with Crippen LogP contribution in [0.2, 0.25) is 5.02 Å². The molecule has 4 rings (SSSR count). The van der Waals surface area contributed by atoms with Gasteiger partial charge in [-0.2, -0.15) is 0 Å². The first kappa shape index (κ1) is 31.8. The number of benzene rings is 4. The molecule has 0 heterocycles. The van der Waals surface area contributed by atoms with Crippen LogP contribution in [-0.2, 0) is 32.6 Å². The molecule has 0 bridgehead atoms. The first-order valence-electron chi connectivity index (χ1n) is 14.1. The summed E-state index contributed by atoms with van der Waals surface area (Å²) in [5.74, 6) is -0.873. The number of aryl methyl sites for hydroxylation is 2. The Morgan fingerprint density at radius 3 is 2.12 bits per heavy atom. The SMILES string of the molecule is CCNC(=O)C(Cc1ccccc1)N(Cc1ccccc1Cl)C(=O)CN(c1ccc(C)cc1C)S(=O)(=O)c1ccccc1. The van der Waals surface area contributed by atoms with Gasteiger partial charge in [0.2, 0.25) is 11.8 Å². The van der Waals surface area contributed by atoms with E-state index in [4.69, 9.17) is 11.6 Å². The number of anilines is 1. The highest BCUT2D eigenvalue weighted by atomic mass is 35.5. The predicted molar refractivity (Wildman–Crippen MR) is 172 cm³/mol. The fourth-order valence-electron chi connectivity index (χ4n) is 4.97. The molecule has 4 aromatic rings. The highest BCUT2D eigenvalue weighted by molar-refractivity contribution is 7.92. The van der Waals surface area contributed by atoms with Crippen molar-refractivity contribution in [3.05, 3.63) is 130 Å². The number of hydrogen-bond donors (Lipinski definition) is 1. The summed E-state index contributed by atoms with van der Waals surface area (Å²) < 4.78 is 29.3. The highest BCUT2D eigenvalue weighted by Gasteiger charge is 2.35. The standard InChI is InChI=1S/C34H36ClN3O4S/c1-4-36-34(40)32(22-27-13-7-5-8-14-27)37(23-28-15-11-12-18-30(28)35)33(39)24-38(31-20-19-25(2)21-26(31)3)43(41,42)29-16-9-6-10-17-29/h5-21,32H,4,22-24H2,1-3H3,(H,36,40). The van der Waals surface area contributed by atoms with Crippen LogP contribution >= 0.6 is 11.6 Å². The molecule has 0 radical (unpaired) electrons. The molecule has 0 aromatic heterocycles. The van der Waals surface area contributed by atoms with Gasteiger partial charge in [-0.1, -0.05) is 96.0 Å². The molecule has 1 N–H and O–H groups in total. The Morgan fingerprint density at radius 1 is 0.860 bits per heavy atom. The number of hydrogen-bond acceptors (Lipinski definition) is 4. The minimum Gasteiger partial charge on any atom is -0.355 e. The lowest BCUT2D eigenvalue weighted by molar-refractivity contribution is -0.140. The van der Waals surface area contributed by atoms with Crippen molar-refractivity contribution in [1.82, 2.24) is 10.2 Å². The number of likely N-dealkylation sites (N-methyl/N-ethyl adjacent to an activating group) is 1. The molecular formula is C34H36ClN3O4S. The summed E-state index contributed by atoms with van der Waals surface area (Å²) in [5, 5.41) is 3.30. The van der Waals surface area contributed by atoms with E-state index in [-0.39, 0.29) is 23.8 Å². The second kappa shape index (κ2) is 14.4. The molecule has 0 saturated heterocycles. The largest absolute Gasteiger partial charge is 0.355 e. The van der Waals surface area contributed by atoms with E-state index >= 15 is 0 Å². The number of halogens is 1. The Morgan fingerprint density at radius 2 is 1.49 bits per heavy atom. The maximum atomic E-state index is 14.4. The number of nitrogens with zero attached hydrogens (tertiary/aromatic N) is 2. The van der Waals surface area contributed by atoms with E-state index in [1.807, 2.05) is 69.3 Å². The molecule has 1 atom stereocenters. The van der Waals surface area contributed by atoms with Crippen LogP contribution in [0.3, 0.4) is 0 Å². The van der Waals surface area contributed by atoms with Gasteiger partial charge >= 0.3 is 0 Å². The van der Waals surface area contributed by atoms with Crippen molar-refractivity contribution in [2.45, 2.75) is 44.7 Å². The quantitative estimate of drug-likeness (QED) is 0.214. The van der Waals surface area contributed by atoms with Crippen LogP contribution in [0, 0.1) is 13.8 Å². The molecule has 0 fully saturated rings. The maximum Gasteiger partial charge on any atom is 0.264 e. The summed E-state index contributed by atoms with van der Waals surface area (Å²) >= 11 is 6.52. The molecule has 0 aliphatic heterocycles. The monoisotopic (exact) mass is 617 g/mol. The van der Waals surface area contributed by atoms with Gasteiger partial charge in [-0.05, 0) is 61.7 Å². The van der Waals surface area contributed by atoms with Crippen molar-refractivity contribution < 1.29 is 18.0 Å². The van der Waals surface area contributed by atoms with Gasteiger partial charge in [0, 0.05) is 24.5 Å². The molecule has 9 heteroatoms. The van der Waals surface area contributed by atoms with E-state index in [2.05, 4.69) is 5.32 Å². The Labute approximate surface area is 259 Å². The van der Waals surface area contributed by atoms with Crippen molar-refractivity contribution in [1.29, 1.82) is 0 Å². The topological polar surface area (TPSA) is 86.8 Å². The molecule has 2 amide bonds. The van der Waals surface area contributed by atoms with E-state index in [1.54, 1.807) is 42.5 Å². The van der Waals surface area contributed by atoms with Crippen LogP contribution in [0.1, 0.15) is 29.2 Å². The molecule has 4 aromatic carbocycles. The molecule has 0 aliphatic rings. The number of nitrogens with one attached hydrogen (secondary N) is 1. The van der Waals surface area contributed by atoms with Crippen molar-refractivity contribution in [2.24, 2.45) is 0 Å². The van der Waals surface area contributed by atoms with Crippen molar-refractivity contribution in [3.63, 3.8) is 0 Å². The highest BCUT2D eigenvalue weighted by Crippen LogP contribution is 2.29. The number of carbonyl (C=O) groups is 2.